The van der Waals surface area contributed by atoms with Crippen molar-refractivity contribution in [3.63, 3.8) is 0 Å². The van der Waals surface area contributed by atoms with Gasteiger partial charge in [-0.1, -0.05) is 85.1 Å². The fraction of sp³-hybridized carbons (Fsp3) is 0.500. The lowest BCUT2D eigenvalue weighted by atomic mass is 9.92. The topological polar surface area (TPSA) is 41.9 Å². The molecule has 4 nitrogen and oxygen atoms in total. The third kappa shape index (κ3) is 10.3. The molecule has 0 fully saturated rings. The predicted octanol–water partition coefficient (Wildman–Crippen LogP) is 7.25. The van der Waals surface area contributed by atoms with E-state index in [0.29, 0.717) is 29.4 Å². The van der Waals surface area contributed by atoms with Crippen LogP contribution in [0.1, 0.15) is 72.5 Å². The van der Waals surface area contributed by atoms with Gasteiger partial charge in [-0.25, -0.2) is 4.98 Å². The normalized spacial score (nSPS) is 12.9. The molecule has 0 amide bonds. The molecule has 0 aromatic carbocycles. The van der Waals surface area contributed by atoms with Crippen molar-refractivity contribution in [3.8, 4) is 0 Å². The van der Waals surface area contributed by atoms with Crippen LogP contribution in [0.3, 0.4) is 0 Å². The Morgan fingerprint density at radius 3 is 1.83 bits per heavy atom. The monoisotopic (exact) mass is 408 g/mol. The molecule has 1 aromatic rings. The summed E-state index contributed by atoms with van der Waals surface area (Å²) in [5.74, 6) is 1.93. The number of rotatable bonds is 9. The average molecular weight is 409 g/mol. The van der Waals surface area contributed by atoms with E-state index in [-0.39, 0.29) is 5.41 Å². The third-order valence-corrected chi connectivity index (χ3v) is 4.16. The molecular weight excluding hydrogens is 368 g/mol. The number of allylic oxidation sites excluding steroid dienone is 6. The predicted molar refractivity (Wildman–Crippen MR) is 130 cm³/mol. The molecule has 4 heteroatoms. The van der Waals surface area contributed by atoms with Crippen molar-refractivity contribution in [1.29, 1.82) is 0 Å². The van der Waals surface area contributed by atoms with Gasteiger partial charge >= 0.3 is 0 Å². The van der Waals surface area contributed by atoms with Gasteiger partial charge in [-0.2, -0.15) is 9.97 Å². The minimum Gasteiger partial charge on any atom is -0.284 e. The molecule has 0 radical (unpaired) electrons. The second-order valence-electron chi connectivity index (χ2n) is 10.1. The molecule has 30 heavy (non-hydrogen) atoms. The van der Waals surface area contributed by atoms with Crippen molar-refractivity contribution < 1.29 is 0 Å². The highest BCUT2D eigenvalue weighted by Gasteiger charge is 2.16. The van der Waals surface area contributed by atoms with Crippen LogP contribution in [0.25, 0.3) is 0 Å². The van der Waals surface area contributed by atoms with E-state index in [0.717, 1.165) is 24.2 Å². The zero-order valence-electron chi connectivity index (χ0n) is 20.3. The van der Waals surface area contributed by atoms with E-state index in [1.54, 1.807) is 0 Å². The summed E-state index contributed by atoms with van der Waals surface area (Å²) in [6.45, 7) is 25.6. The summed E-state index contributed by atoms with van der Waals surface area (Å²) in [5.41, 5.74) is 2.19. The number of hydrogen-bond donors (Lipinski definition) is 0. The van der Waals surface area contributed by atoms with Gasteiger partial charge in [0, 0.05) is 17.8 Å². The molecule has 0 saturated carbocycles. The maximum atomic E-state index is 4.53. The van der Waals surface area contributed by atoms with Crippen LogP contribution in [-0.2, 0) is 0 Å². The first-order valence-electron chi connectivity index (χ1n) is 10.6. The van der Waals surface area contributed by atoms with Gasteiger partial charge in [-0.05, 0) is 43.6 Å². The molecule has 0 aliphatic rings. The number of anilines is 1. The smallest absolute Gasteiger partial charge is 0.237 e. The number of hydrogen-bond acceptors (Lipinski definition) is 4. The molecule has 0 N–H and O–H groups in total. The number of nitrogens with zero attached hydrogens (tertiary/aromatic N) is 4. The molecule has 1 aromatic heterocycles. The molecule has 1 heterocycles. The standard InChI is InChI=1S/C26H40N4/c1-20(16-13-11-12-14-18-25(5,6)7)30(21(2)17-15-19-26(8,9)10)24-28-22(3)27-23(4)29-24/h11-15,17H,1-2,16,18-19H2,3-10H3/b13-11-,14-12-,17-15-. The van der Waals surface area contributed by atoms with E-state index in [4.69, 9.17) is 0 Å². The van der Waals surface area contributed by atoms with Crippen LogP contribution in [0, 0.1) is 24.7 Å². The SMILES string of the molecule is C=C(/C=C\CC(C)(C)C)N(C(=C)C/C=C\C=C/CC(C)(C)C)c1nc(C)nc(C)n1. The van der Waals surface area contributed by atoms with Gasteiger partial charge in [0.2, 0.25) is 5.95 Å². The Kier molecular flexibility index (Phi) is 9.41. The van der Waals surface area contributed by atoms with Crippen molar-refractivity contribution in [3.05, 3.63) is 72.7 Å². The van der Waals surface area contributed by atoms with Crippen molar-refractivity contribution in [1.82, 2.24) is 15.0 Å². The summed E-state index contributed by atoms with van der Waals surface area (Å²) in [6.07, 6.45) is 15.3. The van der Waals surface area contributed by atoms with Crippen molar-refractivity contribution in [2.75, 3.05) is 4.90 Å². The highest BCUT2D eigenvalue weighted by Crippen LogP contribution is 2.24. The minimum atomic E-state index is 0.223. The Morgan fingerprint density at radius 2 is 1.30 bits per heavy atom. The van der Waals surface area contributed by atoms with Gasteiger partial charge in [-0.3, -0.25) is 4.90 Å². The molecule has 164 valence electrons. The van der Waals surface area contributed by atoms with Crippen molar-refractivity contribution >= 4 is 5.95 Å². The first kappa shape index (κ1) is 25.5. The van der Waals surface area contributed by atoms with Crippen LogP contribution in [0.15, 0.2) is 61.0 Å². The summed E-state index contributed by atoms with van der Waals surface area (Å²) < 4.78 is 0. The van der Waals surface area contributed by atoms with E-state index in [1.807, 2.05) is 24.8 Å². The fourth-order valence-corrected chi connectivity index (χ4v) is 2.67. The summed E-state index contributed by atoms with van der Waals surface area (Å²) >= 11 is 0. The van der Waals surface area contributed by atoms with Gasteiger partial charge in [0.25, 0.3) is 0 Å². The lowest BCUT2D eigenvalue weighted by Gasteiger charge is -2.25. The molecule has 0 saturated heterocycles. The summed E-state index contributed by atoms with van der Waals surface area (Å²) in [4.78, 5) is 15.3. The maximum Gasteiger partial charge on any atom is 0.237 e. The van der Waals surface area contributed by atoms with E-state index in [2.05, 4.69) is 100 Å². The Balaban J connectivity index is 3.00. The van der Waals surface area contributed by atoms with Gasteiger partial charge in [0.15, 0.2) is 0 Å². The Hall–Kier alpha value is -2.49. The highest BCUT2D eigenvalue weighted by atomic mass is 15.3. The lowest BCUT2D eigenvalue weighted by molar-refractivity contribution is 0.420. The second-order valence-corrected chi connectivity index (χ2v) is 10.1. The lowest BCUT2D eigenvalue weighted by Crippen LogP contribution is -2.23. The zero-order valence-corrected chi connectivity index (χ0v) is 20.3. The molecular formula is C26H40N4. The maximum absolute atomic E-state index is 4.53. The first-order valence-corrected chi connectivity index (χ1v) is 10.6. The van der Waals surface area contributed by atoms with Gasteiger partial charge in [0.1, 0.15) is 11.6 Å². The molecule has 0 unspecified atom stereocenters. The molecule has 0 aliphatic carbocycles. The molecule has 0 aliphatic heterocycles. The summed E-state index contributed by atoms with van der Waals surface area (Å²) in [7, 11) is 0. The fourth-order valence-electron chi connectivity index (χ4n) is 2.67. The largest absolute Gasteiger partial charge is 0.284 e. The average Bonchev–Trinajstić information content (AvgIpc) is 2.55. The van der Waals surface area contributed by atoms with Crippen LogP contribution in [0.4, 0.5) is 5.95 Å². The van der Waals surface area contributed by atoms with Crippen LogP contribution in [-0.4, -0.2) is 15.0 Å². The van der Waals surface area contributed by atoms with E-state index in [9.17, 15) is 0 Å². The zero-order chi connectivity index (χ0) is 22.9. The van der Waals surface area contributed by atoms with Crippen LogP contribution < -0.4 is 4.90 Å². The molecule has 1 rings (SSSR count). The second kappa shape index (κ2) is 11.1. The first-order chi connectivity index (χ1) is 13.8. The van der Waals surface area contributed by atoms with Gasteiger partial charge < -0.3 is 0 Å². The Morgan fingerprint density at radius 1 is 0.800 bits per heavy atom. The molecule has 0 atom stereocenters. The third-order valence-electron chi connectivity index (χ3n) is 4.16. The molecule has 0 spiro atoms. The van der Waals surface area contributed by atoms with Crippen molar-refractivity contribution in [2.24, 2.45) is 10.8 Å². The molecule has 0 bridgehead atoms. The number of aryl methyl sites for hydroxylation is 2. The van der Waals surface area contributed by atoms with Crippen LogP contribution in [0.2, 0.25) is 0 Å². The summed E-state index contributed by atoms with van der Waals surface area (Å²) in [5, 5.41) is 0. The van der Waals surface area contributed by atoms with E-state index < -0.39 is 0 Å². The summed E-state index contributed by atoms with van der Waals surface area (Å²) in [6, 6.07) is 0. The van der Waals surface area contributed by atoms with Crippen LogP contribution in [0.5, 0.6) is 0 Å². The Labute approximate surface area is 184 Å². The number of aromatic nitrogens is 3. The van der Waals surface area contributed by atoms with E-state index >= 15 is 0 Å². The minimum absolute atomic E-state index is 0.223. The van der Waals surface area contributed by atoms with Gasteiger partial charge in [0.05, 0.1) is 0 Å². The van der Waals surface area contributed by atoms with Crippen molar-refractivity contribution in [2.45, 2.75) is 74.7 Å². The quantitative estimate of drug-likeness (QED) is 0.403. The van der Waals surface area contributed by atoms with Gasteiger partial charge in [-0.15, -0.1) is 0 Å². The Bertz CT molecular complexity index is 794. The van der Waals surface area contributed by atoms with E-state index in [1.165, 1.54) is 0 Å². The highest BCUT2D eigenvalue weighted by molar-refractivity contribution is 5.51. The van der Waals surface area contributed by atoms with Crippen LogP contribution >= 0.6 is 0 Å².